The fourth-order valence-corrected chi connectivity index (χ4v) is 2.55. The van der Waals surface area contributed by atoms with E-state index < -0.39 is 17.6 Å². The van der Waals surface area contributed by atoms with Crippen molar-refractivity contribution >= 4 is 23.1 Å². The lowest BCUT2D eigenvalue weighted by Crippen LogP contribution is -2.18. The summed E-state index contributed by atoms with van der Waals surface area (Å²) in [6.45, 7) is 1.56. The molecule has 3 rings (SSSR count). The van der Waals surface area contributed by atoms with E-state index in [0.717, 1.165) is 6.07 Å². The maximum atomic E-state index is 13.1. The zero-order valence-electron chi connectivity index (χ0n) is 15.1. The van der Waals surface area contributed by atoms with Crippen molar-refractivity contribution in [1.82, 2.24) is 9.97 Å². The Kier molecular flexibility index (Phi) is 5.45. The highest BCUT2D eigenvalue weighted by Crippen LogP contribution is 2.34. The van der Waals surface area contributed by atoms with E-state index in [-0.39, 0.29) is 23.0 Å². The van der Waals surface area contributed by atoms with Crippen molar-refractivity contribution in [2.45, 2.75) is 13.1 Å². The fourth-order valence-electron chi connectivity index (χ4n) is 2.55. The molecule has 0 aliphatic heterocycles. The van der Waals surface area contributed by atoms with Gasteiger partial charge >= 0.3 is 6.18 Å². The standard InChI is InChI=1S/C20H14F3N5O/c1-12-25-17(10-18(26-12)27-14-8-6-13(11-24)7-9-14)19(29)28-16-5-3-2-4-15(16)20(21,22)23/h2-10H,1H3,(H,28,29)(H,25,26,27). The maximum absolute atomic E-state index is 13.1. The molecule has 0 bridgehead atoms. The van der Waals surface area contributed by atoms with E-state index >= 15 is 0 Å². The first-order chi connectivity index (χ1) is 13.8. The average molecular weight is 397 g/mol. The van der Waals surface area contributed by atoms with Crippen molar-refractivity contribution in [1.29, 1.82) is 5.26 Å². The third kappa shape index (κ3) is 4.87. The van der Waals surface area contributed by atoms with Crippen LogP contribution >= 0.6 is 0 Å². The number of alkyl halides is 3. The van der Waals surface area contributed by atoms with Crippen LogP contribution in [0, 0.1) is 18.3 Å². The zero-order valence-corrected chi connectivity index (χ0v) is 15.1. The van der Waals surface area contributed by atoms with Gasteiger partial charge in [-0.15, -0.1) is 0 Å². The van der Waals surface area contributed by atoms with Gasteiger partial charge in [0, 0.05) is 11.8 Å². The monoisotopic (exact) mass is 397 g/mol. The molecule has 9 heteroatoms. The molecule has 6 nitrogen and oxygen atoms in total. The number of halogens is 3. The highest BCUT2D eigenvalue weighted by atomic mass is 19.4. The molecule has 29 heavy (non-hydrogen) atoms. The Morgan fingerprint density at radius 3 is 2.41 bits per heavy atom. The molecule has 0 saturated carbocycles. The molecule has 1 aromatic heterocycles. The fraction of sp³-hybridized carbons (Fsp3) is 0.100. The Balaban J connectivity index is 1.84. The minimum atomic E-state index is -4.60. The van der Waals surface area contributed by atoms with Crippen molar-refractivity contribution in [3.63, 3.8) is 0 Å². The highest BCUT2D eigenvalue weighted by molar-refractivity contribution is 6.03. The number of nitrogens with zero attached hydrogens (tertiary/aromatic N) is 3. The Morgan fingerprint density at radius 1 is 1.07 bits per heavy atom. The Morgan fingerprint density at radius 2 is 1.76 bits per heavy atom. The van der Waals surface area contributed by atoms with Crippen molar-refractivity contribution in [3.8, 4) is 6.07 Å². The molecular weight excluding hydrogens is 383 g/mol. The smallest absolute Gasteiger partial charge is 0.340 e. The molecule has 0 aliphatic carbocycles. The van der Waals surface area contributed by atoms with E-state index in [1.807, 2.05) is 6.07 Å². The van der Waals surface area contributed by atoms with Gasteiger partial charge in [0.25, 0.3) is 5.91 Å². The summed E-state index contributed by atoms with van der Waals surface area (Å²) < 4.78 is 39.4. The first-order valence-electron chi connectivity index (χ1n) is 8.37. The van der Waals surface area contributed by atoms with Crippen LogP contribution in [-0.2, 0) is 6.18 Å². The van der Waals surface area contributed by atoms with Crippen molar-refractivity contribution in [2.24, 2.45) is 0 Å². The van der Waals surface area contributed by atoms with Crippen LogP contribution in [0.4, 0.5) is 30.4 Å². The van der Waals surface area contributed by atoms with Crippen molar-refractivity contribution in [2.75, 3.05) is 10.6 Å². The number of carbonyl (C=O) groups excluding carboxylic acids is 1. The maximum Gasteiger partial charge on any atom is 0.418 e. The Bertz CT molecular complexity index is 1090. The summed E-state index contributed by atoms with van der Waals surface area (Å²) in [5.41, 5.74) is -0.294. The van der Waals surface area contributed by atoms with Gasteiger partial charge in [0.05, 0.1) is 22.9 Å². The quantitative estimate of drug-likeness (QED) is 0.668. The molecule has 0 saturated heterocycles. The molecule has 0 unspecified atom stereocenters. The van der Waals surface area contributed by atoms with Gasteiger partial charge in [-0.05, 0) is 43.3 Å². The first kappa shape index (κ1) is 19.8. The number of hydrogen-bond acceptors (Lipinski definition) is 5. The molecule has 1 amide bonds. The molecule has 0 aliphatic rings. The zero-order chi connectivity index (χ0) is 21.0. The van der Waals surface area contributed by atoms with Gasteiger partial charge in [-0.3, -0.25) is 4.79 Å². The van der Waals surface area contributed by atoms with Crippen LogP contribution in [0.15, 0.2) is 54.6 Å². The topological polar surface area (TPSA) is 90.7 Å². The van der Waals surface area contributed by atoms with Crippen LogP contribution in [0.1, 0.15) is 27.4 Å². The Hall–Kier alpha value is -3.93. The van der Waals surface area contributed by atoms with Crippen LogP contribution in [0.25, 0.3) is 0 Å². The van der Waals surface area contributed by atoms with E-state index in [9.17, 15) is 18.0 Å². The number of anilines is 3. The predicted octanol–water partition coefficient (Wildman–Crippen LogP) is 4.67. The summed E-state index contributed by atoms with van der Waals surface area (Å²) >= 11 is 0. The average Bonchev–Trinajstić information content (AvgIpc) is 2.67. The van der Waals surface area contributed by atoms with E-state index in [0.29, 0.717) is 11.3 Å². The lowest BCUT2D eigenvalue weighted by Gasteiger charge is -2.14. The van der Waals surface area contributed by atoms with Crippen LogP contribution in [-0.4, -0.2) is 15.9 Å². The van der Waals surface area contributed by atoms with Crippen LogP contribution < -0.4 is 10.6 Å². The van der Waals surface area contributed by atoms with Gasteiger partial charge in [-0.2, -0.15) is 18.4 Å². The third-order valence-electron chi connectivity index (χ3n) is 3.84. The number of amides is 1. The predicted molar refractivity (Wildman–Crippen MR) is 101 cm³/mol. The molecule has 1 heterocycles. The number of nitriles is 1. The number of benzene rings is 2. The van der Waals surface area contributed by atoms with Gasteiger partial charge < -0.3 is 10.6 Å². The first-order valence-corrected chi connectivity index (χ1v) is 8.37. The van der Waals surface area contributed by atoms with E-state index in [1.165, 1.54) is 24.3 Å². The Labute approximate surface area is 164 Å². The van der Waals surface area contributed by atoms with E-state index in [4.69, 9.17) is 5.26 Å². The molecule has 0 radical (unpaired) electrons. The minimum absolute atomic E-state index is 0.0920. The second kappa shape index (κ2) is 7.98. The molecule has 0 atom stereocenters. The summed E-state index contributed by atoms with van der Waals surface area (Å²) in [4.78, 5) is 20.7. The van der Waals surface area contributed by atoms with Gasteiger partial charge in [0.2, 0.25) is 0 Å². The number of nitrogens with one attached hydrogen (secondary N) is 2. The molecule has 3 aromatic rings. The summed E-state index contributed by atoms with van der Waals surface area (Å²) in [6, 6.07) is 14.6. The summed E-state index contributed by atoms with van der Waals surface area (Å²) in [5, 5.41) is 14.1. The van der Waals surface area contributed by atoms with E-state index in [1.54, 1.807) is 31.2 Å². The number of para-hydroxylation sites is 1. The number of rotatable bonds is 4. The lowest BCUT2D eigenvalue weighted by molar-refractivity contribution is -0.136. The SMILES string of the molecule is Cc1nc(Nc2ccc(C#N)cc2)cc(C(=O)Nc2ccccc2C(F)(F)F)n1. The van der Waals surface area contributed by atoms with Gasteiger partial charge in [0.15, 0.2) is 0 Å². The number of aromatic nitrogens is 2. The molecule has 2 N–H and O–H groups in total. The lowest BCUT2D eigenvalue weighted by atomic mass is 10.1. The van der Waals surface area contributed by atoms with Crippen LogP contribution in [0.5, 0.6) is 0 Å². The van der Waals surface area contributed by atoms with Crippen molar-refractivity contribution in [3.05, 3.63) is 77.2 Å². The van der Waals surface area contributed by atoms with E-state index in [2.05, 4.69) is 20.6 Å². The van der Waals surface area contributed by atoms with Crippen molar-refractivity contribution < 1.29 is 18.0 Å². The number of aryl methyl sites for hydroxylation is 1. The molecular formula is C20H14F3N5O. The minimum Gasteiger partial charge on any atom is -0.340 e. The third-order valence-corrected chi connectivity index (χ3v) is 3.84. The van der Waals surface area contributed by atoms with Crippen LogP contribution in [0.2, 0.25) is 0 Å². The highest BCUT2D eigenvalue weighted by Gasteiger charge is 2.33. The molecule has 2 aromatic carbocycles. The summed E-state index contributed by atoms with van der Waals surface area (Å²) in [6.07, 6.45) is -4.60. The number of hydrogen-bond donors (Lipinski definition) is 2. The second-order valence-electron chi connectivity index (χ2n) is 6.00. The van der Waals surface area contributed by atoms with Gasteiger partial charge in [0.1, 0.15) is 17.3 Å². The normalized spacial score (nSPS) is 10.9. The second-order valence-corrected chi connectivity index (χ2v) is 6.00. The number of carbonyl (C=O) groups is 1. The van der Waals surface area contributed by atoms with Gasteiger partial charge in [-0.1, -0.05) is 12.1 Å². The molecule has 0 spiro atoms. The molecule has 0 fully saturated rings. The summed E-state index contributed by atoms with van der Waals surface area (Å²) in [5.74, 6) is -0.246. The largest absolute Gasteiger partial charge is 0.418 e. The van der Waals surface area contributed by atoms with Gasteiger partial charge in [-0.25, -0.2) is 9.97 Å². The van der Waals surface area contributed by atoms with Crippen LogP contribution in [0.3, 0.4) is 0 Å². The molecule has 146 valence electrons. The summed E-state index contributed by atoms with van der Waals surface area (Å²) in [7, 11) is 0.